The van der Waals surface area contributed by atoms with Gasteiger partial charge in [0.1, 0.15) is 34.5 Å². The van der Waals surface area contributed by atoms with Crippen molar-refractivity contribution in [2.45, 2.75) is 19.8 Å². The summed E-state index contributed by atoms with van der Waals surface area (Å²) in [6, 6.07) is 18.6. The first-order chi connectivity index (χ1) is 16.4. The molecule has 7 heteroatoms. The van der Waals surface area contributed by atoms with Crippen LogP contribution in [0, 0.1) is 31.0 Å². The maximum Gasteiger partial charge on any atom is 0.379 e. The number of aryl methyl sites for hydroxylation is 2. The van der Waals surface area contributed by atoms with Gasteiger partial charge < -0.3 is 19.6 Å². The number of hydrogen-bond acceptors (Lipinski definition) is 6. The standard InChI is InChI=1S/C27H19FN2O4/c1-14-7-10-22-19(11-14)15(2)25(33-22)27(31)32-16-8-9-18-23(12-16)34-26(30)20(13-29)24(18)17-5-3-4-6-21(17)28/h3-12,24H,30H2,1-2H3. The molecule has 6 nitrogen and oxygen atoms in total. The second-order valence-corrected chi connectivity index (χ2v) is 8.09. The molecule has 0 saturated heterocycles. The number of nitrogens with zero attached hydrogens (tertiary/aromatic N) is 1. The van der Waals surface area contributed by atoms with Crippen LogP contribution in [0.4, 0.5) is 4.39 Å². The van der Waals surface area contributed by atoms with Crippen molar-refractivity contribution < 1.29 is 23.1 Å². The summed E-state index contributed by atoms with van der Waals surface area (Å²) < 4.78 is 31.5. The number of rotatable bonds is 3. The predicted molar refractivity (Wildman–Crippen MR) is 123 cm³/mol. The average Bonchev–Trinajstić information content (AvgIpc) is 3.14. The molecule has 168 valence electrons. The fourth-order valence-corrected chi connectivity index (χ4v) is 4.21. The molecular formula is C27H19FN2O4. The van der Waals surface area contributed by atoms with E-state index in [2.05, 4.69) is 0 Å². The Bertz CT molecular complexity index is 1540. The number of ether oxygens (including phenoxy) is 2. The van der Waals surface area contributed by atoms with Crippen molar-refractivity contribution in [1.29, 1.82) is 5.26 Å². The van der Waals surface area contributed by atoms with E-state index in [4.69, 9.17) is 19.6 Å². The topological polar surface area (TPSA) is 98.5 Å². The number of fused-ring (bicyclic) bond motifs is 2. The Balaban J connectivity index is 1.50. The van der Waals surface area contributed by atoms with Gasteiger partial charge in [-0.25, -0.2) is 9.18 Å². The lowest BCUT2D eigenvalue weighted by Crippen LogP contribution is -2.21. The lowest BCUT2D eigenvalue weighted by atomic mass is 9.83. The van der Waals surface area contributed by atoms with Gasteiger partial charge in [0.15, 0.2) is 0 Å². The number of esters is 1. The second kappa shape index (κ2) is 8.09. The zero-order valence-corrected chi connectivity index (χ0v) is 18.4. The molecule has 0 bridgehead atoms. The zero-order valence-electron chi connectivity index (χ0n) is 18.4. The van der Waals surface area contributed by atoms with E-state index in [-0.39, 0.29) is 28.7 Å². The van der Waals surface area contributed by atoms with E-state index in [1.54, 1.807) is 37.3 Å². The summed E-state index contributed by atoms with van der Waals surface area (Å²) in [5, 5.41) is 10.5. The highest BCUT2D eigenvalue weighted by molar-refractivity contribution is 5.97. The van der Waals surface area contributed by atoms with E-state index >= 15 is 0 Å². The van der Waals surface area contributed by atoms with Gasteiger partial charge in [0.05, 0.1) is 5.92 Å². The molecule has 34 heavy (non-hydrogen) atoms. The van der Waals surface area contributed by atoms with Crippen LogP contribution in [0.5, 0.6) is 11.5 Å². The fraction of sp³-hybridized carbons (Fsp3) is 0.111. The minimum atomic E-state index is -0.749. The van der Waals surface area contributed by atoms with Gasteiger partial charge in [0.25, 0.3) is 0 Å². The Morgan fingerprint density at radius 3 is 2.65 bits per heavy atom. The van der Waals surface area contributed by atoms with Crippen molar-refractivity contribution in [3.8, 4) is 17.6 Å². The maximum absolute atomic E-state index is 14.6. The first-order valence-electron chi connectivity index (χ1n) is 10.5. The maximum atomic E-state index is 14.6. The van der Waals surface area contributed by atoms with Crippen molar-refractivity contribution in [1.82, 2.24) is 0 Å². The number of allylic oxidation sites excluding steroid dienone is 1. The van der Waals surface area contributed by atoms with Crippen LogP contribution in [0.3, 0.4) is 0 Å². The molecule has 0 amide bonds. The molecule has 0 aliphatic carbocycles. The summed E-state index contributed by atoms with van der Waals surface area (Å²) >= 11 is 0. The van der Waals surface area contributed by atoms with Gasteiger partial charge in [0.2, 0.25) is 11.6 Å². The van der Waals surface area contributed by atoms with Crippen LogP contribution in [0.2, 0.25) is 0 Å². The first kappa shape index (κ1) is 21.3. The Hall–Kier alpha value is -4.57. The fourth-order valence-electron chi connectivity index (χ4n) is 4.21. The van der Waals surface area contributed by atoms with E-state index in [1.807, 2.05) is 31.2 Å². The third-order valence-electron chi connectivity index (χ3n) is 5.89. The minimum Gasteiger partial charge on any atom is -0.449 e. The van der Waals surface area contributed by atoms with Crippen molar-refractivity contribution in [3.05, 3.63) is 106 Å². The Kier molecular flexibility index (Phi) is 5.06. The van der Waals surface area contributed by atoms with Gasteiger partial charge >= 0.3 is 5.97 Å². The van der Waals surface area contributed by atoms with Crippen molar-refractivity contribution >= 4 is 16.9 Å². The molecule has 1 aliphatic rings. The second-order valence-electron chi connectivity index (χ2n) is 8.09. The molecule has 2 N–H and O–H groups in total. The Morgan fingerprint density at radius 1 is 1.09 bits per heavy atom. The van der Waals surface area contributed by atoms with Gasteiger partial charge in [-0.15, -0.1) is 0 Å². The highest BCUT2D eigenvalue weighted by Crippen LogP contribution is 2.44. The van der Waals surface area contributed by atoms with Crippen molar-refractivity contribution in [2.24, 2.45) is 5.73 Å². The summed E-state index contributed by atoms with van der Waals surface area (Å²) in [6.45, 7) is 3.76. The summed E-state index contributed by atoms with van der Waals surface area (Å²) in [5.74, 6) is -1.43. The van der Waals surface area contributed by atoms with Gasteiger partial charge in [-0.2, -0.15) is 5.26 Å². The van der Waals surface area contributed by atoms with Crippen LogP contribution < -0.4 is 15.2 Å². The molecule has 0 spiro atoms. The Morgan fingerprint density at radius 2 is 1.88 bits per heavy atom. The monoisotopic (exact) mass is 454 g/mol. The van der Waals surface area contributed by atoms with Gasteiger partial charge in [-0.05, 0) is 38.1 Å². The van der Waals surface area contributed by atoms with E-state index in [1.165, 1.54) is 12.1 Å². The number of nitriles is 1. The van der Waals surface area contributed by atoms with E-state index in [9.17, 15) is 14.4 Å². The number of hydrogen-bond donors (Lipinski definition) is 1. The Labute approximate surface area is 194 Å². The summed E-state index contributed by atoms with van der Waals surface area (Å²) in [6.07, 6.45) is 0. The summed E-state index contributed by atoms with van der Waals surface area (Å²) in [5.41, 5.74) is 9.26. The van der Waals surface area contributed by atoms with Gasteiger partial charge in [-0.3, -0.25) is 0 Å². The highest BCUT2D eigenvalue weighted by Gasteiger charge is 2.33. The number of furan rings is 1. The predicted octanol–water partition coefficient (Wildman–Crippen LogP) is 5.63. The smallest absolute Gasteiger partial charge is 0.379 e. The SMILES string of the molecule is Cc1ccc2oc(C(=O)Oc3ccc4c(c3)OC(N)=C(C#N)C4c3ccccc3F)c(C)c2c1. The van der Waals surface area contributed by atoms with Gasteiger partial charge in [0, 0.05) is 28.1 Å². The number of halogens is 1. The lowest BCUT2D eigenvalue weighted by Gasteiger charge is -2.26. The van der Waals surface area contributed by atoms with Crippen molar-refractivity contribution in [2.75, 3.05) is 0 Å². The van der Waals surface area contributed by atoms with Crippen molar-refractivity contribution in [3.63, 3.8) is 0 Å². The van der Waals surface area contributed by atoms with Crippen LogP contribution in [-0.4, -0.2) is 5.97 Å². The number of carbonyl (C=O) groups excluding carboxylic acids is 1. The van der Waals surface area contributed by atoms with Crippen LogP contribution in [0.1, 0.15) is 38.7 Å². The van der Waals surface area contributed by atoms with Gasteiger partial charge in [-0.1, -0.05) is 35.9 Å². The molecule has 1 unspecified atom stereocenters. The molecule has 1 aliphatic heterocycles. The summed E-state index contributed by atoms with van der Waals surface area (Å²) in [7, 11) is 0. The molecule has 2 heterocycles. The molecule has 3 aromatic carbocycles. The third-order valence-corrected chi connectivity index (χ3v) is 5.89. The average molecular weight is 454 g/mol. The molecule has 0 saturated carbocycles. The molecule has 0 radical (unpaired) electrons. The molecule has 4 aromatic rings. The summed E-state index contributed by atoms with van der Waals surface area (Å²) in [4.78, 5) is 12.9. The van der Waals surface area contributed by atoms with Crippen LogP contribution in [-0.2, 0) is 0 Å². The lowest BCUT2D eigenvalue weighted by molar-refractivity contribution is 0.0702. The molecule has 1 aromatic heterocycles. The largest absolute Gasteiger partial charge is 0.449 e. The zero-order chi connectivity index (χ0) is 24.0. The quantitative estimate of drug-likeness (QED) is 0.318. The highest BCUT2D eigenvalue weighted by atomic mass is 19.1. The van der Waals surface area contributed by atoms with E-state index in [0.717, 1.165) is 10.9 Å². The molecule has 1 atom stereocenters. The first-order valence-corrected chi connectivity index (χ1v) is 10.5. The number of carbonyl (C=O) groups is 1. The normalized spacial score (nSPS) is 14.9. The molecular weight excluding hydrogens is 435 g/mol. The third kappa shape index (κ3) is 3.46. The molecule has 5 rings (SSSR count). The number of nitrogens with two attached hydrogens (primary N) is 1. The van der Waals surface area contributed by atoms with E-state index < -0.39 is 17.7 Å². The van der Waals surface area contributed by atoms with E-state index in [0.29, 0.717) is 22.3 Å². The molecule has 0 fully saturated rings. The number of benzene rings is 3. The van der Waals surface area contributed by atoms with Crippen LogP contribution in [0.25, 0.3) is 11.0 Å². The minimum absolute atomic E-state index is 0.106. The van der Waals surface area contributed by atoms with Crippen LogP contribution >= 0.6 is 0 Å². The van der Waals surface area contributed by atoms with Crippen LogP contribution in [0.15, 0.2) is 76.5 Å².